The molecular formula is C18H24F12O2. The van der Waals surface area contributed by atoms with Crippen molar-refractivity contribution in [1.82, 2.24) is 0 Å². The normalized spacial score (nSPS) is 25.4. The third kappa shape index (κ3) is 4.54. The van der Waals surface area contributed by atoms with Crippen LogP contribution in [0.15, 0.2) is 0 Å². The molecule has 2 nitrogen and oxygen atoms in total. The highest BCUT2D eigenvalue weighted by Gasteiger charge is 2.78. The largest absolute Gasteiger partial charge is 0.426 e. The highest BCUT2D eigenvalue weighted by atomic mass is 19.4. The van der Waals surface area contributed by atoms with Crippen molar-refractivity contribution in [3.63, 3.8) is 0 Å². The van der Waals surface area contributed by atoms with E-state index in [2.05, 4.69) is 0 Å². The average molecular weight is 500 g/mol. The van der Waals surface area contributed by atoms with Gasteiger partial charge in [-0.05, 0) is 36.5 Å². The quantitative estimate of drug-likeness (QED) is 0.438. The lowest BCUT2D eigenvalue weighted by atomic mass is 9.56. The lowest BCUT2D eigenvalue weighted by Gasteiger charge is -2.52. The van der Waals surface area contributed by atoms with Crippen molar-refractivity contribution in [3.8, 4) is 0 Å². The highest BCUT2D eigenvalue weighted by Crippen LogP contribution is 2.60. The van der Waals surface area contributed by atoms with Gasteiger partial charge in [0.2, 0.25) is 0 Å². The monoisotopic (exact) mass is 500 g/mol. The molecule has 1 aliphatic carbocycles. The van der Waals surface area contributed by atoms with Gasteiger partial charge >= 0.3 is 24.7 Å². The van der Waals surface area contributed by atoms with Gasteiger partial charge < -0.3 is 10.2 Å². The first-order chi connectivity index (χ1) is 13.8. The minimum Gasteiger partial charge on any atom is -0.373 e. The zero-order chi connectivity index (χ0) is 25.9. The standard InChI is InChI=1S/C18H24F12O2/c1-8(2)12(3,4)9-5-10(13(31,15(19,20)21)16(22,23)24)7-11(6-9)14(32,17(25,26)27)18(28,29)30/h8-11,31-32H,5-7H2,1-4H3. The summed E-state index contributed by atoms with van der Waals surface area (Å²) in [6.07, 6.45) is -30.1. The molecule has 1 rings (SSSR count). The molecule has 0 amide bonds. The molecule has 0 bridgehead atoms. The first-order valence-corrected chi connectivity index (χ1v) is 9.47. The first kappa shape index (κ1) is 29.1. The smallest absolute Gasteiger partial charge is 0.373 e. The number of rotatable bonds is 4. The lowest BCUT2D eigenvalue weighted by molar-refractivity contribution is -0.406. The van der Waals surface area contributed by atoms with Crippen molar-refractivity contribution in [2.45, 2.75) is 82.9 Å². The second-order valence-corrected chi connectivity index (χ2v) is 9.30. The fourth-order valence-electron chi connectivity index (χ4n) is 4.33. The topological polar surface area (TPSA) is 40.5 Å². The summed E-state index contributed by atoms with van der Waals surface area (Å²) in [5.74, 6) is -8.35. The molecule has 14 heteroatoms. The maximum atomic E-state index is 13.4. The van der Waals surface area contributed by atoms with Crippen LogP contribution < -0.4 is 0 Å². The Balaban J connectivity index is 3.80. The van der Waals surface area contributed by atoms with Crippen LogP contribution in [0.25, 0.3) is 0 Å². The summed E-state index contributed by atoms with van der Waals surface area (Å²) in [5, 5.41) is 19.5. The maximum Gasteiger partial charge on any atom is 0.426 e. The van der Waals surface area contributed by atoms with Crippen molar-refractivity contribution in [1.29, 1.82) is 0 Å². The van der Waals surface area contributed by atoms with Gasteiger partial charge in [-0.1, -0.05) is 27.7 Å². The van der Waals surface area contributed by atoms with Crippen LogP contribution in [0.3, 0.4) is 0 Å². The summed E-state index contributed by atoms with van der Waals surface area (Å²) >= 11 is 0. The van der Waals surface area contributed by atoms with Gasteiger partial charge in [-0.2, -0.15) is 52.7 Å². The Hall–Kier alpha value is -0.920. The van der Waals surface area contributed by atoms with E-state index in [-0.39, 0.29) is 0 Å². The van der Waals surface area contributed by atoms with E-state index < -0.39 is 84.3 Å². The zero-order valence-corrected chi connectivity index (χ0v) is 17.4. The highest BCUT2D eigenvalue weighted by molar-refractivity contribution is 5.09. The van der Waals surface area contributed by atoms with E-state index in [9.17, 15) is 62.9 Å². The molecule has 32 heavy (non-hydrogen) atoms. The minimum atomic E-state index is -6.45. The van der Waals surface area contributed by atoms with Crippen molar-refractivity contribution >= 4 is 0 Å². The average Bonchev–Trinajstić information content (AvgIpc) is 2.55. The van der Waals surface area contributed by atoms with Gasteiger partial charge in [0.25, 0.3) is 11.2 Å². The van der Waals surface area contributed by atoms with Crippen LogP contribution in [-0.2, 0) is 0 Å². The van der Waals surface area contributed by atoms with E-state index in [4.69, 9.17) is 0 Å². The molecule has 2 unspecified atom stereocenters. The Bertz CT molecular complexity index is 583. The summed E-state index contributed by atoms with van der Waals surface area (Å²) in [7, 11) is 0. The molecular weight excluding hydrogens is 476 g/mol. The van der Waals surface area contributed by atoms with Crippen LogP contribution in [0.5, 0.6) is 0 Å². The minimum absolute atomic E-state index is 0.582. The van der Waals surface area contributed by atoms with E-state index in [1.807, 2.05) is 0 Å². The van der Waals surface area contributed by atoms with Gasteiger partial charge in [-0.25, -0.2) is 0 Å². The van der Waals surface area contributed by atoms with E-state index in [0.29, 0.717) is 0 Å². The molecule has 0 aromatic heterocycles. The van der Waals surface area contributed by atoms with E-state index in [1.165, 1.54) is 27.7 Å². The molecule has 1 fully saturated rings. The third-order valence-corrected chi connectivity index (χ3v) is 7.16. The van der Waals surface area contributed by atoms with Gasteiger partial charge in [-0.3, -0.25) is 0 Å². The molecule has 0 spiro atoms. The number of hydrogen-bond donors (Lipinski definition) is 2. The molecule has 2 atom stereocenters. The predicted molar refractivity (Wildman–Crippen MR) is 87.1 cm³/mol. The lowest BCUT2D eigenvalue weighted by Crippen LogP contribution is -2.67. The van der Waals surface area contributed by atoms with Crippen LogP contribution in [0.2, 0.25) is 0 Å². The van der Waals surface area contributed by atoms with Gasteiger partial charge in [0.1, 0.15) is 0 Å². The summed E-state index contributed by atoms with van der Waals surface area (Å²) < 4.78 is 161. The number of halogens is 12. The van der Waals surface area contributed by atoms with E-state index in [0.717, 1.165) is 0 Å². The fraction of sp³-hybridized carbons (Fsp3) is 1.00. The van der Waals surface area contributed by atoms with Crippen LogP contribution in [0.4, 0.5) is 52.7 Å². The molecule has 2 N–H and O–H groups in total. The van der Waals surface area contributed by atoms with Crippen molar-refractivity contribution < 1.29 is 62.9 Å². The van der Waals surface area contributed by atoms with Crippen molar-refractivity contribution in [2.24, 2.45) is 29.1 Å². The molecule has 0 aromatic rings. The van der Waals surface area contributed by atoms with Gasteiger partial charge in [0, 0.05) is 11.8 Å². The van der Waals surface area contributed by atoms with Crippen LogP contribution in [0, 0.1) is 29.1 Å². The van der Waals surface area contributed by atoms with Crippen molar-refractivity contribution in [2.75, 3.05) is 0 Å². The number of aliphatic hydroxyl groups is 2. The molecule has 0 aromatic carbocycles. The fourth-order valence-corrected chi connectivity index (χ4v) is 4.33. The van der Waals surface area contributed by atoms with Crippen LogP contribution >= 0.6 is 0 Å². The SMILES string of the molecule is CC(C)C(C)(C)C1CC(C(O)(C(F)(F)F)C(F)(F)F)CC(C(O)(C(F)(F)F)C(F)(F)F)C1. The first-order valence-electron chi connectivity index (χ1n) is 9.47. The van der Waals surface area contributed by atoms with Gasteiger partial charge in [0.15, 0.2) is 0 Å². The maximum absolute atomic E-state index is 13.4. The Labute approximate surface area is 176 Å². The second kappa shape index (κ2) is 8.09. The predicted octanol–water partition coefficient (Wildman–Crippen LogP) is 6.41. The molecule has 0 saturated heterocycles. The Kier molecular flexibility index (Phi) is 7.36. The Morgan fingerprint density at radius 2 is 0.750 bits per heavy atom. The van der Waals surface area contributed by atoms with Crippen LogP contribution in [-0.4, -0.2) is 46.1 Å². The number of hydrogen-bond acceptors (Lipinski definition) is 2. The molecule has 0 radical (unpaired) electrons. The van der Waals surface area contributed by atoms with Crippen molar-refractivity contribution in [3.05, 3.63) is 0 Å². The summed E-state index contributed by atoms with van der Waals surface area (Å²) in [4.78, 5) is 0. The van der Waals surface area contributed by atoms with E-state index in [1.54, 1.807) is 0 Å². The summed E-state index contributed by atoms with van der Waals surface area (Å²) in [5.41, 5.74) is -12.5. The molecule has 192 valence electrons. The molecule has 1 saturated carbocycles. The van der Waals surface area contributed by atoms with Gasteiger partial charge in [0.05, 0.1) is 0 Å². The molecule has 0 aliphatic heterocycles. The Morgan fingerprint density at radius 1 is 0.531 bits per heavy atom. The molecule has 1 aliphatic rings. The zero-order valence-electron chi connectivity index (χ0n) is 17.4. The molecule has 0 heterocycles. The second-order valence-electron chi connectivity index (χ2n) is 9.30. The summed E-state index contributed by atoms with van der Waals surface area (Å²) in [6.45, 7) is 5.45. The van der Waals surface area contributed by atoms with Crippen LogP contribution in [0.1, 0.15) is 47.0 Å². The summed E-state index contributed by atoms with van der Waals surface area (Å²) in [6, 6.07) is 0. The third-order valence-electron chi connectivity index (χ3n) is 7.16. The van der Waals surface area contributed by atoms with E-state index >= 15 is 0 Å². The Morgan fingerprint density at radius 3 is 0.938 bits per heavy atom. The van der Waals surface area contributed by atoms with Gasteiger partial charge in [-0.15, -0.1) is 0 Å². The number of alkyl halides is 12.